The summed E-state index contributed by atoms with van der Waals surface area (Å²) < 4.78 is 0. The van der Waals surface area contributed by atoms with Crippen molar-refractivity contribution in [1.82, 2.24) is 0 Å². The van der Waals surface area contributed by atoms with Gasteiger partial charge in [-0.2, -0.15) is 0 Å². The van der Waals surface area contributed by atoms with Crippen LogP contribution in [-0.2, 0) is 4.79 Å². The van der Waals surface area contributed by atoms with Crippen LogP contribution in [0.4, 0.5) is 5.69 Å². The molecule has 0 spiro atoms. The molecule has 2 nitrogen and oxygen atoms in total. The SMILES string of the molecule is O=C(/C=C/c1ccc(Cl)c(Cl)c1)Nc1ccc(Cl)c(Cl)c1. The van der Waals surface area contributed by atoms with Crippen LogP contribution in [0.5, 0.6) is 0 Å². The number of nitrogens with one attached hydrogen (secondary N) is 1. The molecular formula is C15H9Cl4NO. The summed E-state index contributed by atoms with van der Waals surface area (Å²) in [6.07, 6.45) is 3.02. The second kappa shape index (κ2) is 7.19. The highest BCUT2D eigenvalue weighted by Crippen LogP contribution is 2.25. The van der Waals surface area contributed by atoms with Crippen molar-refractivity contribution in [3.63, 3.8) is 0 Å². The Hall–Kier alpha value is -1.19. The number of anilines is 1. The summed E-state index contributed by atoms with van der Waals surface area (Å²) in [4.78, 5) is 11.8. The van der Waals surface area contributed by atoms with Crippen molar-refractivity contribution in [2.45, 2.75) is 0 Å². The number of amides is 1. The van der Waals surface area contributed by atoms with Crippen LogP contribution >= 0.6 is 46.4 Å². The highest BCUT2D eigenvalue weighted by atomic mass is 35.5. The molecule has 0 saturated carbocycles. The Bertz CT molecular complexity index is 713. The van der Waals surface area contributed by atoms with Gasteiger partial charge in [-0.15, -0.1) is 0 Å². The summed E-state index contributed by atoms with van der Waals surface area (Å²) in [6, 6.07) is 9.96. The Morgan fingerprint density at radius 2 is 1.48 bits per heavy atom. The van der Waals surface area contributed by atoms with Gasteiger partial charge in [0.25, 0.3) is 0 Å². The quantitative estimate of drug-likeness (QED) is 0.673. The maximum absolute atomic E-state index is 11.8. The van der Waals surface area contributed by atoms with Gasteiger partial charge in [0.05, 0.1) is 20.1 Å². The zero-order valence-electron chi connectivity index (χ0n) is 10.5. The molecule has 0 bridgehead atoms. The van der Waals surface area contributed by atoms with Crippen molar-refractivity contribution in [3.8, 4) is 0 Å². The first-order chi connectivity index (χ1) is 9.95. The summed E-state index contributed by atoms with van der Waals surface area (Å²) in [5.74, 6) is -0.292. The molecule has 2 rings (SSSR count). The largest absolute Gasteiger partial charge is 0.322 e. The van der Waals surface area contributed by atoms with E-state index in [2.05, 4.69) is 5.32 Å². The lowest BCUT2D eigenvalue weighted by molar-refractivity contribution is -0.111. The molecule has 0 aromatic heterocycles. The Balaban J connectivity index is 2.05. The molecule has 0 aliphatic carbocycles. The Morgan fingerprint density at radius 3 is 2.10 bits per heavy atom. The van der Waals surface area contributed by atoms with E-state index < -0.39 is 0 Å². The van der Waals surface area contributed by atoms with Crippen molar-refractivity contribution >= 4 is 64.1 Å². The van der Waals surface area contributed by atoms with E-state index in [-0.39, 0.29) is 5.91 Å². The fourth-order valence-corrected chi connectivity index (χ4v) is 2.15. The van der Waals surface area contributed by atoms with E-state index in [0.29, 0.717) is 25.8 Å². The maximum Gasteiger partial charge on any atom is 0.248 e. The van der Waals surface area contributed by atoms with Crippen molar-refractivity contribution in [2.75, 3.05) is 5.32 Å². The molecule has 0 radical (unpaired) electrons. The Kier molecular flexibility index (Phi) is 5.54. The molecule has 108 valence electrons. The van der Waals surface area contributed by atoms with E-state index in [1.54, 1.807) is 42.5 Å². The standard InChI is InChI=1S/C15H9Cl4NO/c16-11-4-1-9(7-13(11)18)2-6-15(21)20-10-3-5-12(17)14(19)8-10/h1-8H,(H,20,21)/b6-2+. The van der Waals surface area contributed by atoms with Crippen molar-refractivity contribution < 1.29 is 4.79 Å². The number of carbonyl (C=O) groups excluding carboxylic acids is 1. The topological polar surface area (TPSA) is 29.1 Å². The lowest BCUT2D eigenvalue weighted by Crippen LogP contribution is -2.07. The minimum atomic E-state index is -0.292. The van der Waals surface area contributed by atoms with Gasteiger partial charge in [-0.05, 0) is 42.0 Å². The molecule has 0 heterocycles. The van der Waals surface area contributed by atoms with Crippen LogP contribution in [0.15, 0.2) is 42.5 Å². The average molecular weight is 361 g/mol. The van der Waals surface area contributed by atoms with Gasteiger partial charge in [-0.3, -0.25) is 4.79 Å². The van der Waals surface area contributed by atoms with Gasteiger partial charge >= 0.3 is 0 Å². The number of hydrogen-bond donors (Lipinski definition) is 1. The van der Waals surface area contributed by atoms with Gasteiger partial charge in [-0.1, -0.05) is 52.5 Å². The van der Waals surface area contributed by atoms with E-state index in [1.165, 1.54) is 6.08 Å². The first kappa shape index (κ1) is 16.2. The van der Waals surface area contributed by atoms with Crippen LogP contribution in [0.3, 0.4) is 0 Å². The van der Waals surface area contributed by atoms with Crippen LogP contribution in [0.25, 0.3) is 6.08 Å². The number of hydrogen-bond acceptors (Lipinski definition) is 1. The third-order valence-electron chi connectivity index (χ3n) is 2.56. The molecule has 2 aromatic rings. The molecule has 0 aliphatic heterocycles. The Morgan fingerprint density at radius 1 is 0.857 bits per heavy atom. The monoisotopic (exact) mass is 359 g/mol. The van der Waals surface area contributed by atoms with Crippen LogP contribution in [-0.4, -0.2) is 5.91 Å². The molecular weight excluding hydrogens is 352 g/mol. The summed E-state index contributed by atoms with van der Waals surface area (Å²) in [7, 11) is 0. The lowest BCUT2D eigenvalue weighted by Gasteiger charge is -2.03. The van der Waals surface area contributed by atoms with Crippen molar-refractivity contribution in [1.29, 1.82) is 0 Å². The van der Waals surface area contributed by atoms with Gasteiger partial charge in [0, 0.05) is 11.8 Å². The van der Waals surface area contributed by atoms with Crippen molar-refractivity contribution in [2.24, 2.45) is 0 Å². The highest BCUT2D eigenvalue weighted by Gasteiger charge is 2.02. The summed E-state index contributed by atoms with van der Waals surface area (Å²) in [5.41, 5.74) is 1.34. The van der Waals surface area contributed by atoms with Gasteiger partial charge in [0.1, 0.15) is 0 Å². The van der Waals surface area contributed by atoms with Crippen molar-refractivity contribution in [3.05, 3.63) is 68.1 Å². The number of halogens is 4. The van der Waals surface area contributed by atoms with Crippen LogP contribution in [0, 0.1) is 0 Å². The van der Waals surface area contributed by atoms with Crippen LogP contribution < -0.4 is 5.32 Å². The molecule has 6 heteroatoms. The zero-order chi connectivity index (χ0) is 15.4. The normalized spacial score (nSPS) is 10.9. The molecule has 0 fully saturated rings. The van der Waals surface area contributed by atoms with Gasteiger partial charge in [0.15, 0.2) is 0 Å². The lowest BCUT2D eigenvalue weighted by atomic mass is 10.2. The van der Waals surface area contributed by atoms with Gasteiger partial charge < -0.3 is 5.32 Å². The predicted molar refractivity (Wildman–Crippen MR) is 90.6 cm³/mol. The Labute approximate surface area is 142 Å². The molecule has 1 N–H and O–H groups in total. The first-order valence-corrected chi connectivity index (χ1v) is 7.36. The average Bonchev–Trinajstić information content (AvgIpc) is 2.44. The smallest absolute Gasteiger partial charge is 0.248 e. The number of rotatable bonds is 3. The molecule has 0 saturated heterocycles. The first-order valence-electron chi connectivity index (χ1n) is 5.85. The summed E-state index contributed by atoms with van der Waals surface area (Å²) in [6.45, 7) is 0. The highest BCUT2D eigenvalue weighted by molar-refractivity contribution is 6.42. The summed E-state index contributed by atoms with van der Waals surface area (Å²) in [5, 5.41) is 4.39. The number of carbonyl (C=O) groups is 1. The van der Waals surface area contributed by atoms with E-state index >= 15 is 0 Å². The molecule has 21 heavy (non-hydrogen) atoms. The fraction of sp³-hybridized carbons (Fsp3) is 0. The van der Waals surface area contributed by atoms with Crippen LogP contribution in [0.1, 0.15) is 5.56 Å². The van der Waals surface area contributed by atoms with E-state index in [4.69, 9.17) is 46.4 Å². The molecule has 1 amide bonds. The summed E-state index contributed by atoms with van der Waals surface area (Å²) >= 11 is 23.4. The van der Waals surface area contributed by atoms with Gasteiger partial charge in [-0.25, -0.2) is 0 Å². The maximum atomic E-state index is 11.8. The minimum Gasteiger partial charge on any atom is -0.322 e. The van der Waals surface area contributed by atoms with Crippen LogP contribution in [0.2, 0.25) is 20.1 Å². The fourth-order valence-electron chi connectivity index (χ4n) is 1.55. The zero-order valence-corrected chi connectivity index (χ0v) is 13.6. The number of benzene rings is 2. The van der Waals surface area contributed by atoms with E-state index in [1.807, 2.05) is 0 Å². The molecule has 2 aromatic carbocycles. The van der Waals surface area contributed by atoms with E-state index in [9.17, 15) is 4.79 Å². The molecule has 0 unspecified atom stereocenters. The second-order valence-electron chi connectivity index (χ2n) is 4.13. The third kappa shape index (κ3) is 4.65. The van der Waals surface area contributed by atoms with E-state index in [0.717, 1.165) is 5.56 Å². The third-order valence-corrected chi connectivity index (χ3v) is 4.04. The molecule has 0 atom stereocenters. The minimum absolute atomic E-state index is 0.292. The molecule has 0 aliphatic rings. The predicted octanol–water partition coefficient (Wildman–Crippen LogP) is 5.95. The second-order valence-corrected chi connectivity index (χ2v) is 5.75. The van der Waals surface area contributed by atoms with Gasteiger partial charge in [0.2, 0.25) is 5.91 Å².